The molecule has 1 aliphatic heterocycles. The number of hydrogen-bond donors (Lipinski definition) is 2. The number of carbonyl (C=O) groups excluding carboxylic acids is 2. The first-order valence-corrected chi connectivity index (χ1v) is 10.5. The van der Waals surface area contributed by atoms with E-state index >= 15 is 0 Å². The molecule has 0 radical (unpaired) electrons. The number of carbonyl (C=O) groups is 2. The van der Waals surface area contributed by atoms with Gasteiger partial charge in [-0.3, -0.25) is 9.59 Å². The number of benzene rings is 2. The first-order valence-electron chi connectivity index (χ1n) is 10.1. The van der Waals surface area contributed by atoms with E-state index in [2.05, 4.69) is 39.8 Å². The molecule has 2 aromatic rings. The predicted octanol–water partition coefficient (Wildman–Crippen LogP) is 3.97. The van der Waals surface area contributed by atoms with Crippen LogP contribution in [0.3, 0.4) is 0 Å². The van der Waals surface area contributed by atoms with Gasteiger partial charge in [0, 0.05) is 30.3 Å². The van der Waals surface area contributed by atoms with Gasteiger partial charge in [-0.15, -0.1) is 0 Å². The van der Waals surface area contributed by atoms with Crippen molar-refractivity contribution in [2.45, 2.75) is 32.1 Å². The van der Waals surface area contributed by atoms with E-state index in [1.807, 2.05) is 13.0 Å². The zero-order chi connectivity index (χ0) is 20.6. The molecule has 0 aliphatic carbocycles. The van der Waals surface area contributed by atoms with E-state index in [1.165, 1.54) is 12.0 Å². The highest BCUT2D eigenvalue weighted by Crippen LogP contribution is 2.26. The number of amides is 2. The minimum absolute atomic E-state index is 0.196. The molecular weight excluding hydrogens is 386 g/mol. The topological polar surface area (TPSA) is 61.4 Å². The van der Waals surface area contributed by atoms with Crippen LogP contribution in [0.25, 0.3) is 0 Å². The summed E-state index contributed by atoms with van der Waals surface area (Å²) in [6.07, 6.45) is 2.17. The summed E-state index contributed by atoms with van der Waals surface area (Å²) in [5.41, 5.74) is 2.81. The number of hydrogen-bond acceptors (Lipinski definition) is 3. The maximum atomic E-state index is 12.1. The summed E-state index contributed by atoms with van der Waals surface area (Å²) >= 11 is 6.06. The minimum atomic E-state index is -0.338. The van der Waals surface area contributed by atoms with Crippen LogP contribution in [0.15, 0.2) is 48.5 Å². The summed E-state index contributed by atoms with van der Waals surface area (Å²) in [6.45, 7) is 5.23. The van der Waals surface area contributed by atoms with Crippen LogP contribution in [0.5, 0.6) is 0 Å². The molecule has 29 heavy (non-hydrogen) atoms. The highest BCUT2D eigenvalue weighted by molar-refractivity contribution is 6.31. The summed E-state index contributed by atoms with van der Waals surface area (Å²) in [5, 5.41) is 6.20. The molecule has 1 unspecified atom stereocenters. The van der Waals surface area contributed by atoms with Gasteiger partial charge in [0.15, 0.2) is 0 Å². The highest BCUT2D eigenvalue weighted by Gasteiger charge is 2.21. The third-order valence-corrected chi connectivity index (χ3v) is 5.80. The number of nitrogens with zero attached hydrogens (tertiary/aromatic N) is 1. The summed E-state index contributed by atoms with van der Waals surface area (Å²) in [7, 11) is 0. The van der Waals surface area contributed by atoms with Gasteiger partial charge in [0.1, 0.15) is 6.42 Å². The summed E-state index contributed by atoms with van der Waals surface area (Å²) in [5.74, 6) is -0.0545. The van der Waals surface area contributed by atoms with Gasteiger partial charge >= 0.3 is 0 Å². The Labute approximate surface area is 177 Å². The van der Waals surface area contributed by atoms with Gasteiger partial charge in [0.05, 0.1) is 0 Å². The Kier molecular flexibility index (Phi) is 7.67. The van der Waals surface area contributed by atoms with Crippen LogP contribution in [0.4, 0.5) is 5.69 Å². The Balaban J connectivity index is 1.39. The van der Waals surface area contributed by atoms with E-state index < -0.39 is 0 Å². The fraction of sp³-hybridized carbons (Fsp3) is 0.391. The maximum absolute atomic E-state index is 12.1. The van der Waals surface area contributed by atoms with Crippen LogP contribution >= 0.6 is 11.6 Å². The van der Waals surface area contributed by atoms with Crippen molar-refractivity contribution in [2.24, 2.45) is 0 Å². The van der Waals surface area contributed by atoms with Crippen LogP contribution in [0, 0.1) is 6.92 Å². The Morgan fingerprint density at radius 3 is 2.69 bits per heavy atom. The Bertz CT molecular complexity index is 841. The van der Waals surface area contributed by atoms with Gasteiger partial charge in [-0.1, -0.05) is 48.0 Å². The number of likely N-dealkylation sites (tertiary alicyclic amines) is 1. The Morgan fingerprint density at radius 2 is 1.90 bits per heavy atom. The molecule has 2 N–H and O–H groups in total. The van der Waals surface area contributed by atoms with Crippen molar-refractivity contribution in [2.75, 3.05) is 31.5 Å². The van der Waals surface area contributed by atoms with Gasteiger partial charge in [0.25, 0.3) is 0 Å². The lowest BCUT2D eigenvalue weighted by atomic mass is 9.91. The van der Waals surface area contributed by atoms with E-state index in [0.717, 1.165) is 31.6 Å². The second kappa shape index (κ2) is 10.4. The van der Waals surface area contributed by atoms with Gasteiger partial charge in [0.2, 0.25) is 11.8 Å². The number of piperidine rings is 1. The molecule has 1 heterocycles. The molecule has 1 atom stereocenters. The van der Waals surface area contributed by atoms with Gasteiger partial charge < -0.3 is 15.5 Å². The van der Waals surface area contributed by atoms with Crippen molar-refractivity contribution in [3.63, 3.8) is 0 Å². The largest absolute Gasteiger partial charge is 0.354 e. The molecule has 2 aromatic carbocycles. The van der Waals surface area contributed by atoms with Crippen LogP contribution < -0.4 is 10.6 Å². The molecule has 2 amide bonds. The maximum Gasteiger partial charge on any atom is 0.233 e. The van der Waals surface area contributed by atoms with Crippen LogP contribution in [0.1, 0.15) is 36.3 Å². The highest BCUT2D eigenvalue weighted by atomic mass is 35.5. The second-order valence-electron chi connectivity index (χ2n) is 7.54. The Hall–Kier alpha value is -2.37. The molecule has 1 aliphatic rings. The zero-order valence-corrected chi connectivity index (χ0v) is 17.5. The van der Waals surface area contributed by atoms with Gasteiger partial charge in [-0.25, -0.2) is 0 Å². The molecule has 0 aromatic heterocycles. The zero-order valence-electron chi connectivity index (χ0n) is 16.8. The number of halogens is 1. The SMILES string of the molecule is Cc1c(Cl)cccc1NC(=O)CC(=O)NCCN1CCCC(c2ccccc2)C1. The van der Waals surface area contributed by atoms with Gasteiger partial charge in [-0.05, 0) is 55.5 Å². The van der Waals surface area contributed by atoms with Crippen molar-refractivity contribution in [1.29, 1.82) is 0 Å². The summed E-state index contributed by atoms with van der Waals surface area (Å²) in [6, 6.07) is 15.9. The van der Waals surface area contributed by atoms with E-state index in [4.69, 9.17) is 11.6 Å². The van der Waals surface area contributed by atoms with Crippen molar-refractivity contribution < 1.29 is 9.59 Å². The molecule has 0 spiro atoms. The fourth-order valence-corrected chi connectivity index (χ4v) is 3.93. The summed E-state index contributed by atoms with van der Waals surface area (Å²) in [4.78, 5) is 26.6. The lowest BCUT2D eigenvalue weighted by Gasteiger charge is -2.33. The first kappa shape index (κ1) is 21.3. The molecule has 3 rings (SSSR count). The van der Waals surface area contributed by atoms with Crippen LogP contribution in [0.2, 0.25) is 5.02 Å². The standard InChI is InChI=1S/C23H28ClN3O2/c1-17-20(24)10-5-11-21(17)26-23(29)15-22(28)25-12-14-27-13-6-9-19(16-27)18-7-3-2-4-8-18/h2-5,7-8,10-11,19H,6,9,12-16H2,1H3,(H,25,28)(H,26,29). The molecule has 1 fully saturated rings. The van der Waals surface area contributed by atoms with Crippen molar-refractivity contribution in [3.05, 3.63) is 64.7 Å². The van der Waals surface area contributed by atoms with Gasteiger partial charge in [-0.2, -0.15) is 0 Å². The van der Waals surface area contributed by atoms with Crippen LogP contribution in [-0.4, -0.2) is 42.9 Å². The minimum Gasteiger partial charge on any atom is -0.354 e. The third kappa shape index (κ3) is 6.31. The predicted molar refractivity (Wildman–Crippen MR) is 117 cm³/mol. The van der Waals surface area contributed by atoms with E-state index in [9.17, 15) is 9.59 Å². The Morgan fingerprint density at radius 1 is 1.10 bits per heavy atom. The monoisotopic (exact) mass is 413 g/mol. The lowest BCUT2D eigenvalue weighted by Crippen LogP contribution is -2.40. The molecule has 0 bridgehead atoms. The molecule has 6 heteroatoms. The number of rotatable bonds is 7. The molecular formula is C23H28ClN3O2. The normalized spacial score (nSPS) is 17.0. The number of nitrogens with one attached hydrogen (secondary N) is 2. The molecule has 1 saturated heterocycles. The molecule has 154 valence electrons. The third-order valence-electron chi connectivity index (χ3n) is 5.39. The van der Waals surface area contributed by atoms with Crippen molar-refractivity contribution in [1.82, 2.24) is 10.2 Å². The summed E-state index contributed by atoms with van der Waals surface area (Å²) < 4.78 is 0. The smallest absolute Gasteiger partial charge is 0.233 e. The van der Waals surface area contributed by atoms with Crippen molar-refractivity contribution >= 4 is 29.1 Å². The molecule has 0 saturated carbocycles. The number of anilines is 1. The average molecular weight is 414 g/mol. The van der Waals surface area contributed by atoms with Crippen LogP contribution in [-0.2, 0) is 9.59 Å². The van der Waals surface area contributed by atoms with E-state index in [1.54, 1.807) is 18.2 Å². The lowest BCUT2D eigenvalue weighted by molar-refractivity contribution is -0.126. The van der Waals surface area contributed by atoms with Crippen molar-refractivity contribution in [3.8, 4) is 0 Å². The van der Waals surface area contributed by atoms with E-state index in [-0.39, 0.29) is 18.2 Å². The quantitative estimate of drug-likeness (QED) is 0.675. The van der Waals surface area contributed by atoms with E-state index in [0.29, 0.717) is 23.2 Å². The first-order chi connectivity index (χ1) is 14.0. The average Bonchev–Trinajstić information content (AvgIpc) is 2.72. The fourth-order valence-electron chi connectivity index (χ4n) is 3.75. The second-order valence-corrected chi connectivity index (χ2v) is 7.94. The molecule has 5 nitrogen and oxygen atoms in total.